The molecule has 1 aliphatic heterocycles. The molecular formula is C24H24N6O4S. The van der Waals surface area contributed by atoms with Gasteiger partial charge in [-0.25, -0.2) is 14.8 Å². The number of benzene rings is 1. The number of thiazole rings is 1. The SMILES string of the molecule is CCCn1c(N)c(-c2csc(N3N=C(c4ccc(OC)cc4)C[C@@H]3c3ccco3)n2)c(=O)[nH]c1=O. The molecule has 0 amide bonds. The van der Waals surface area contributed by atoms with Crippen molar-refractivity contribution in [3.63, 3.8) is 0 Å². The maximum atomic E-state index is 12.6. The first kappa shape index (κ1) is 22.7. The number of hydrazone groups is 1. The van der Waals surface area contributed by atoms with Crippen LogP contribution < -0.4 is 26.7 Å². The summed E-state index contributed by atoms with van der Waals surface area (Å²) < 4.78 is 12.3. The fourth-order valence-corrected chi connectivity index (χ4v) is 4.93. The van der Waals surface area contributed by atoms with E-state index in [-0.39, 0.29) is 17.4 Å². The van der Waals surface area contributed by atoms with Crippen molar-refractivity contribution >= 4 is 28.0 Å². The fraction of sp³-hybridized carbons (Fsp3) is 0.250. The van der Waals surface area contributed by atoms with Gasteiger partial charge in [-0.3, -0.25) is 14.3 Å². The van der Waals surface area contributed by atoms with Crippen molar-refractivity contribution in [3.05, 3.63) is 80.2 Å². The van der Waals surface area contributed by atoms with Gasteiger partial charge in [0.15, 0.2) is 0 Å². The van der Waals surface area contributed by atoms with Crippen LogP contribution >= 0.6 is 11.3 Å². The average molecular weight is 493 g/mol. The summed E-state index contributed by atoms with van der Waals surface area (Å²) in [5.74, 6) is 1.62. The molecule has 0 spiro atoms. The van der Waals surface area contributed by atoms with E-state index in [2.05, 4.69) is 4.98 Å². The number of hydrogen-bond acceptors (Lipinski definition) is 9. The summed E-state index contributed by atoms with van der Waals surface area (Å²) in [5.41, 5.74) is 7.54. The van der Waals surface area contributed by atoms with Crippen molar-refractivity contribution in [2.75, 3.05) is 17.9 Å². The highest BCUT2D eigenvalue weighted by Gasteiger charge is 2.34. The van der Waals surface area contributed by atoms with Gasteiger partial charge in [-0.2, -0.15) is 5.10 Å². The van der Waals surface area contributed by atoms with Gasteiger partial charge in [0.25, 0.3) is 5.56 Å². The van der Waals surface area contributed by atoms with E-state index in [1.54, 1.807) is 23.8 Å². The van der Waals surface area contributed by atoms with E-state index in [0.29, 0.717) is 30.2 Å². The monoisotopic (exact) mass is 492 g/mol. The number of aromatic nitrogens is 3. The van der Waals surface area contributed by atoms with Gasteiger partial charge in [0.1, 0.15) is 28.9 Å². The van der Waals surface area contributed by atoms with Gasteiger partial charge < -0.3 is 14.9 Å². The van der Waals surface area contributed by atoms with Crippen LogP contribution in [0.25, 0.3) is 11.3 Å². The molecule has 1 aliphatic rings. The molecule has 10 nitrogen and oxygen atoms in total. The summed E-state index contributed by atoms with van der Waals surface area (Å²) in [7, 11) is 1.63. The Morgan fingerprint density at radius 1 is 1.26 bits per heavy atom. The molecule has 0 unspecified atom stereocenters. The Bertz CT molecular complexity index is 1480. The van der Waals surface area contributed by atoms with E-state index < -0.39 is 11.2 Å². The highest BCUT2D eigenvalue weighted by Crippen LogP contribution is 2.39. The number of nitrogens with one attached hydrogen (secondary N) is 1. The van der Waals surface area contributed by atoms with Crippen molar-refractivity contribution in [2.45, 2.75) is 32.4 Å². The highest BCUT2D eigenvalue weighted by atomic mass is 32.1. The highest BCUT2D eigenvalue weighted by molar-refractivity contribution is 7.14. The standard InChI is InChI=1S/C24H24N6O4S/c1-3-10-29-21(25)20(22(31)27-23(29)32)17-13-35-24(26-17)30-18(19-5-4-11-34-19)12-16(28-30)14-6-8-15(33-2)9-7-14/h4-9,11,13,18H,3,10,12,25H2,1-2H3,(H,27,31,32)/t18-/m1/s1. The third kappa shape index (κ3) is 4.14. The van der Waals surface area contributed by atoms with Crippen LogP contribution in [0.3, 0.4) is 0 Å². The van der Waals surface area contributed by atoms with Crippen LogP contribution in [-0.2, 0) is 6.54 Å². The molecule has 4 aromatic rings. The summed E-state index contributed by atoms with van der Waals surface area (Å²) in [6.45, 7) is 2.33. The van der Waals surface area contributed by atoms with Crippen molar-refractivity contribution in [1.82, 2.24) is 14.5 Å². The zero-order chi connectivity index (χ0) is 24.5. The summed E-state index contributed by atoms with van der Waals surface area (Å²) in [6, 6.07) is 11.3. The van der Waals surface area contributed by atoms with Crippen LogP contribution in [0.4, 0.5) is 10.9 Å². The Balaban J connectivity index is 1.55. The number of anilines is 2. The predicted octanol–water partition coefficient (Wildman–Crippen LogP) is 3.61. The molecule has 180 valence electrons. The molecule has 0 saturated heterocycles. The van der Waals surface area contributed by atoms with E-state index in [0.717, 1.165) is 22.8 Å². The molecule has 0 saturated carbocycles. The molecule has 0 fully saturated rings. The normalized spacial score (nSPS) is 15.4. The van der Waals surface area contributed by atoms with E-state index in [4.69, 9.17) is 25.0 Å². The number of ether oxygens (including phenoxy) is 1. The first-order valence-electron chi connectivity index (χ1n) is 11.1. The summed E-state index contributed by atoms with van der Waals surface area (Å²) in [4.78, 5) is 31.9. The summed E-state index contributed by atoms with van der Waals surface area (Å²) in [5, 5.41) is 8.99. The maximum Gasteiger partial charge on any atom is 0.329 e. The molecule has 1 aromatic carbocycles. The van der Waals surface area contributed by atoms with Crippen molar-refractivity contribution in [1.29, 1.82) is 0 Å². The Hall–Kier alpha value is -4.12. The molecule has 4 heterocycles. The van der Waals surface area contributed by atoms with Gasteiger partial charge in [-0.1, -0.05) is 6.92 Å². The molecule has 0 bridgehead atoms. The van der Waals surface area contributed by atoms with Gasteiger partial charge in [0, 0.05) is 18.3 Å². The summed E-state index contributed by atoms with van der Waals surface area (Å²) in [6.07, 6.45) is 2.93. The van der Waals surface area contributed by atoms with Crippen molar-refractivity contribution in [3.8, 4) is 17.0 Å². The number of H-pyrrole nitrogens is 1. The Labute approximate surface area is 204 Å². The number of furan rings is 1. The molecule has 11 heteroatoms. The number of nitrogens with two attached hydrogens (primary N) is 1. The first-order valence-corrected chi connectivity index (χ1v) is 12.0. The molecular weight excluding hydrogens is 468 g/mol. The van der Waals surface area contributed by atoms with Crippen LogP contribution in [0, 0.1) is 0 Å². The second kappa shape index (κ2) is 9.26. The van der Waals surface area contributed by atoms with Crippen molar-refractivity contribution in [2.24, 2.45) is 5.10 Å². The second-order valence-corrected chi connectivity index (χ2v) is 8.88. The number of nitrogens with zero attached hydrogens (tertiary/aromatic N) is 4. The van der Waals surface area contributed by atoms with Gasteiger partial charge in [0.2, 0.25) is 5.13 Å². The van der Waals surface area contributed by atoms with E-state index >= 15 is 0 Å². The Morgan fingerprint density at radius 2 is 2.06 bits per heavy atom. The lowest BCUT2D eigenvalue weighted by Crippen LogP contribution is -2.33. The van der Waals surface area contributed by atoms with Crippen LogP contribution in [0.1, 0.15) is 37.1 Å². The topological polar surface area (TPSA) is 132 Å². The zero-order valence-corrected chi connectivity index (χ0v) is 20.0. The van der Waals surface area contributed by atoms with Crippen LogP contribution in [-0.4, -0.2) is 27.4 Å². The molecule has 5 rings (SSSR count). The molecule has 1 atom stereocenters. The molecule has 0 radical (unpaired) electrons. The molecule has 3 N–H and O–H groups in total. The predicted molar refractivity (Wildman–Crippen MR) is 135 cm³/mol. The minimum atomic E-state index is -0.567. The largest absolute Gasteiger partial charge is 0.497 e. The number of nitrogen functional groups attached to an aromatic ring is 1. The van der Waals surface area contributed by atoms with Gasteiger partial charge in [-0.15, -0.1) is 11.3 Å². The lowest BCUT2D eigenvalue weighted by atomic mass is 10.0. The van der Waals surface area contributed by atoms with E-state index in [1.807, 2.05) is 43.3 Å². The number of methoxy groups -OCH3 is 1. The second-order valence-electron chi connectivity index (χ2n) is 8.04. The number of rotatable bonds is 7. The van der Waals surface area contributed by atoms with Crippen LogP contribution in [0.2, 0.25) is 0 Å². The maximum absolute atomic E-state index is 12.6. The van der Waals surface area contributed by atoms with Gasteiger partial charge >= 0.3 is 5.69 Å². The number of hydrogen-bond donors (Lipinski definition) is 2. The Kier molecular flexibility index (Phi) is 6.00. The molecule has 35 heavy (non-hydrogen) atoms. The summed E-state index contributed by atoms with van der Waals surface area (Å²) >= 11 is 1.34. The third-order valence-corrected chi connectivity index (χ3v) is 6.67. The fourth-order valence-electron chi connectivity index (χ4n) is 4.11. The van der Waals surface area contributed by atoms with Crippen molar-refractivity contribution < 1.29 is 9.15 Å². The van der Waals surface area contributed by atoms with Gasteiger partial charge in [-0.05, 0) is 48.4 Å². The van der Waals surface area contributed by atoms with E-state index in [9.17, 15) is 9.59 Å². The van der Waals surface area contributed by atoms with Gasteiger partial charge in [0.05, 0.1) is 24.8 Å². The number of aromatic amines is 1. The van der Waals surface area contributed by atoms with Crippen LogP contribution in [0.15, 0.2) is 67.1 Å². The smallest absolute Gasteiger partial charge is 0.329 e. The lowest BCUT2D eigenvalue weighted by Gasteiger charge is -2.18. The molecule has 3 aromatic heterocycles. The first-order chi connectivity index (χ1) is 17.0. The Morgan fingerprint density at radius 3 is 2.74 bits per heavy atom. The molecule has 0 aliphatic carbocycles. The third-order valence-electron chi connectivity index (χ3n) is 5.84. The van der Waals surface area contributed by atoms with Crippen LogP contribution in [0.5, 0.6) is 5.75 Å². The quantitative estimate of drug-likeness (QED) is 0.403. The van der Waals surface area contributed by atoms with E-state index in [1.165, 1.54) is 15.9 Å². The lowest BCUT2D eigenvalue weighted by molar-refractivity contribution is 0.415. The average Bonchev–Trinajstić information content (AvgIpc) is 3.62. The minimum absolute atomic E-state index is 0.101. The minimum Gasteiger partial charge on any atom is -0.497 e. The zero-order valence-electron chi connectivity index (χ0n) is 19.2.